The Morgan fingerprint density at radius 3 is 2.62 bits per heavy atom. The number of aromatic nitrogens is 1. The molecule has 0 radical (unpaired) electrons. The van der Waals surface area contributed by atoms with E-state index >= 15 is 0 Å². The number of aryl methyl sites for hydroxylation is 1. The Labute approximate surface area is 161 Å². The highest BCUT2D eigenvalue weighted by atomic mass is 32.1. The monoisotopic (exact) mass is 373 g/mol. The number of aliphatic imine (C=N–C) groups is 1. The molecule has 0 aliphatic carbocycles. The first-order valence-corrected chi connectivity index (χ1v) is 10.2. The summed E-state index contributed by atoms with van der Waals surface area (Å²) < 4.78 is 0. The Balaban J connectivity index is 1.57. The SMILES string of the molecule is CCc1cnc(CCNC(=NC)NCCCCN(C)c2ccccc2)s1. The summed E-state index contributed by atoms with van der Waals surface area (Å²) in [6.45, 7) is 5.01. The summed E-state index contributed by atoms with van der Waals surface area (Å²) >= 11 is 1.80. The molecule has 0 amide bonds. The molecule has 0 aliphatic heterocycles. The van der Waals surface area contributed by atoms with Crippen molar-refractivity contribution in [3.8, 4) is 0 Å². The van der Waals surface area contributed by atoms with Gasteiger partial charge in [0.2, 0.25) is 0 Å². The van der Waals surface area contributed by atoms with E-state index in [4.69, 9.17) is 0 Å². The maximum atomic E-state index is 4.45. The summed E-state index contributed by atoms with van der Waals surface area (Å²) in [5.74, 6) is 0.869. The third-order valence-corrected chi connectivity index (χ3v) is 5.42. The number of nitrogens with zero attached hydrogens (tertiary/aromatic N) is 3. The van der Waals surface area contributed by atoms with Gasteiger partial charge in [-0.25, -0.2) is 4.98 Å². The molecule has 0 spiro atoms. The molecule has 2 N–H and O–H groups in total. The van der Waals surface area contributed by atoms with Crippen molar-refractivity contribution in [1.29, 1.82) is 0 Å². The maximum absolute atomic E-state index is 4.45. The normalized spacial score (nSPS) is 11.4. The number of unbranched alkanes of at least 4 members (excludes halogenated alkanes) is 1. The van der Waals surface area contributed by atoms with Gasteiger partial charge in [-0.3, -0.25) is 4.99 Å². The molecule has 0 atom stereocenters. The summed E-state index contributed by atoms with van der Waals surface area (Å²) in [6, 6.07) is 10.5. The maximum Gasteiger partial charge on any atom is 0.190 e. The van der Waals surface area contributed by atoms with Crippen LogP contribution in [0.25, 0.3) is 0 Å². The van der Waals surface area contributed by atoms with Crippen molar-refractivity contribution in [1.82, 2.24) is 15.6 Å². The molecule has 6 heteroatoms. The van der Waals surface area contributed by atoms with Crippen molar-refractivity contribution in [3.63, 3.8) is 0 Å². The van der Waals surface area contributed by atoms with Crippen molar-refractivity contribution < 1.29 is 0 Å². The van der Waals surface area contributed by atoms with E-state index in [0.29, 0.717) is 0 Å². The quantitative estimate of drug-likeness (QED) is 0.381. The molecule has 26 heavy (non-hydrogen) atoms. The van der Waals surface area contributed by atoms with E-state index in [1.54, 1.807) is 11.3 Å². The molecular formula is C20H31N5S. The Morgan fingerprint density at radius 1 is 1.15 bits per heavy atom. The van der Waals surface area contributed by atoms with Gasteiger partial charge in [-0.1, -0.05) is 25.1 Å². The van der Waals surface area contributed by atoms with Gasteiger partial charge in [0.1, 0.15) is 0 Å². The smallest absolute Gasteiger partial charge is 0.190 e. The molecule has 142 valence electrons. The predicted octanol–water partition coefficient (Wildman–Crippen LogP) is 3.33. The highest BCUT2D eigenvalue weighted by molar-refractivity contribution is 7.11. The first-order valence-electron chi connectivity index (χ1n) is 9.37. The molecule has 0 bridgehead atoms. The van der Waals surface area contributed by atoms with E-state index in [0.717, 1.165) is 51.3 Å². The molecule has 5 nitrogen and oxygen atoms in total. The molecule has 0 unspecified atom stereocenters. The number of thiazole rings is 1. The van der Waals surface area contributed by atoms with Crippen molar-refractivity contribution in [2.45, 2.75) is 32.6 Å². The van der Waals surface area contributed by atoms with Crippen LogP contribution >= 0.6 is 11.3 Å². The van der Waals surface area contributed by atoms with Crippen LogP contribution in [0.3, 0.4) is 0 Å². The van der Waals surface area contributed by atoms with Gasteiger partial charge in [0, 0.05) is 56.9 Å². The zero-order chi connectivity index (χ0) is 18.6. The number of para-hydroxylation sites is 1. The van der Waals surface area contributed by atoms with E-state index < -0.39 is 0 Å². The third kappa shape index (κ3) is 7.04. The van der Waals surface area contributed by atoms with Gasteiger partial charge < -0.3 is 15.5 Å². The fraction of sp³-hybridized carbons (Fsp3) is 0.500. The Hall–Kier alpha value is -2.08. The molecular weight excluding hydrogens is 342 g/mol. The highest BCUT2D eigenvalue weighted by Gasteiger charge is 2.03. The van der Waals surface area contributed by atoms with Crippen LogP contribution in [0.5, 0.6) is 0 Å². The van der Waals surface area contributed by atoms with E-state index in [2.05, 4.69) is 69.8 Å². The van der Waals surface area contributed by atoms with Crippen LogP contribution in [-0.4, -0.2) is 44.7 Å². The number of nitrogens with one attached hydrogen (secondary N) is 2. The van der Waals surface area contributed by atoms with E-state index in [1.807, 2.05) is 13.2 Å². The van der Waals surface area contributed by atoms with Crippen molar-refractivity contribution in [2.24, 2.45) is 4.99 Å². The Morgan fingerprint density at radius 2 is 1.92 bits per heavy atom. The van der Waals surface area contributed by atoms with Crippen molar-refractivity contribution in [2.75, 3.05) is 38.6 Å². The molecule has 0 saturated carbocycles. The van der Waals surface area contributed by atoms with E-state index in [9.17, 15) is 0 Å². The average molecular weight is 374 g/mol. The van der Waals surface area contributed by atoms with Crippen molar-refractivity contribution in [3.05, 3.63) is 46.4 Å². The van der Waals surface area contributed by atoms with Gasteiger partial charge in [-0.15, -0.1) is 11.3 Å². The summed E-state index contributed by atoms with van der Waals surface area (Å²) in [4.78, 5) is 12.4. The van der Waals surface area contributed by atoms with Gasteiger partial charge in [0.05, 0.1) is 5.01 Å². The minimum absolute atomic E-state index is 0.854. The van der Waals surface area contributed by atoms with Crippen LogP contribution in [0, 0.1) is 0 Å². The second kappa shape index (κ2) is 11.5. The van der Waals surface area contributed by atoms with Crippen LogP contribution in [-0.2, 0) is 12.8 Å². The lowest BCUT2D eigenvalue weighted by Gasteiger charge is -2.19. The number of rotatable bonds is 10. The summed E-state index contributed by atoms with van der Waals surface area (Å²) in [7, 11) is 3.96. The predicted molar refractivity (Wildman–Crippen MR) is 114 cm³/mol. The van der Waals surface area contributed by atoms with Gasteiger partial charge in [-0.2, -0.15) is 0 Å². The number of hydrogen-bond donors (Lipinski definition) is 2. The second-order valence-corrected chi connectivity index (χ2v) is 7.41. The molecule has 2 rings (SSSR count). The van der Waals surface area contributed by atoms with Crippen LogP contribution in [0.4, 0.5) is 5.69 Å². The molecule has 1 aromatic heterocycles. The summed E-state index contributed by atoms with van der Waals surface area (Å²) in [5.41, 5.74) is 1.27. The number of benzene rings is 1. The van der Waals surface area contributed by atoms with E-state index in [-0.39, 0.29) is 0 Å². The standard InChI is InChI=1S/C20H31N5S/c1-4-18-16-24-19(26-18)12-14-23-20(21-2)22-13-8-9-15-25(3)17-10-6-5-7-11-17/h5-7,10-11,16H,4,8-9,12-15H2,1-3H3,(H2,21,22,23). The Kier molecular flexibility index (Phi) is 8.96. The fourth-order valence-electron chi connectivity index (χ4n) is 2.63. The lowest BCUT2D eigenvalue weighted by Crippen LogP contribution is -2.38. The largest absolute Gasteiger partial charge is 0.375 e. The molecule has 2 aromatic rings. The average Bonchev–Trinajstić information content (AvgIpc) is 3.14. The first-order chi connectivity index (χ1) is 12.7. The van der Waals surface area contributed by atoms with Gasteiger partial charge in [-0.05, 0) is 31.4 Å². The lowest BCUT2D eigenvalue weighted by atomic mass is 10.2. The number of hydrogen-bond acceptors (Lipinski definition) is 4. The number of anilines is 1. The van der Waals surface area contributed by atoms with Crippen LogP contribution in [0.15, 0.2) is 41.5 Å². The molecule has 0 fully saturated rings. The molecule has 0 aliphatic rings. The van der Waals surface area contributed by atoms with Gasteiger partial charge in [0.25, 0.3) is 0 Å². The first kappa shape index (κ1) is 20.2. The second-order valence-electron chi connectivity index (χ2n) is 6.21. The summed E-state index contributed by atoms with van der Waals surface area (Å²) in [5, 5.41) is 7.94. The number of guanidine groups is 1. The fourth-order valence-corrected chi connectivity index (χ4v) is 3.49. The van der Waals surface area contributed by atoms with Gasteiger partial charge >= 0.3 is 0 Å². The molecule has 0 saturated heterocycles. The zero-order valence-electron chi connectivity index (χ0n) is 16.2. The third-order valence-electron chi connectivity index (χ3n) is 4.21. The zero-order valence-corrected chi connectivity index (χ0v) is 17.0. The lowest BCUT2D eigenvalue weighted by molar-refractivity contribution is 0.686. The summed E-state index contributed by atoms with van der Waals surface area (Å²) in [6.07, 6.45) is 6.25. The van der Waals surface area contributed by atoms with Crippen LogP contribution in [0.2, 0.25) is 0 Å². The van der Waals surface area contributed by atoms with E-state index in [1.165, 1.54) is 15.6 Å². The minimum Gasteiger partial charge on any atom is -0.375 e. The van der Waals surface area contributed by atoms with Crippen molar-refractivity contribution >= 4 is 23.0 Å². The Bertz CT molecular complexity index is 653. The minimum atomic E-state index is 0.854. The highest BCUT2D eigenvalue weighted by Crippen LogP contribution is 2.13. The van der Waals surface area contributed by atoms with Gasteiger partial charge in [0.15, 0.2) is 5.96 Å². The van der Waals surface area contributed by atoms with Crippen LogP contribution in [0.1, 0.15) is 29.7 Å². The molecule has 1 aromatic carbocycles. The topological polar surface area (TPSA) is 52.6 Å². The molecule has 1 heterocycles. The van der Waals surface area contributed by atoms with Crippen LogP contribution < -0.4 is 15.5 Å².